The van der Waals surface area contributed by atoms with Gasteiger partial charge < -0.3 is 4.74 Å². The van der Waals surface area contributed by atoms with Crippen molar-refractivity contribution in [3.8, 4) is 5.88 Å². The van der Waals surface area contributed by atoms with Gasteiger partial charge in [0.05, 0.1) is 12.3 Å². The number of ether oxygens (including phenoxy) is 1. The van der Waals surface area contributed by atoms with Crippen molar-refractivity contribution in [2.45, 2.75) is 96.8 Å². The fourth-order valence-electron chi connectivity index (χ4n) is 3.73. The first-order valence-electron chi connectivity index (χ1n) is 13.0. The van der Waals surface area contributed by atoms with E-state index < -0.39 is 0 Å². The Balaban J connectivity index is 1.41. The molecular weight excluding hydrogens is 428 g/mol. The first kappa shape index (κ1) is 27.4. The molecule has 1 aromatic heterocycles. The number of carbonyl (C=O) groups is 1. The number of rotatable bonds is 19. The third kappa shape index (κ3) is 13.4. The lowest BCUT2D eigenvalue weighted by Crippen LogP contribution is -2.01. The number of aryl methyl sites for hydroxylation is 1. The Labute approximate surface area is 205 Å². The smallest absolute Gasteiger partial charge is 0.233 e. The number of benzene rings is 1. The van der Waals surface area contributed by atoms with E-state index in [4.69, 9.17) is 4.74 Å². The Morgan fingerprint density at radius 2 is 1.42 bits per heavy atom. The van der Waals surface area contributed by atoms with Crippen molar-refractivity contribution >= 4 is 16.9 Å². The van der Waals surface area contributed by atoms with Gasteiger partial charge in [0.2, 0.25) is 11.0 Å². The summed E-state index contributed by atoms with van der Waals surface area (Å²) in [5.41, 5.74) is 1.85. The van der Waals surface area contributed by atoms with E-state index in [1.54, 1.807) is 0 Å². The van der Waals surface area contributed by atoms with Gasteiger partial charge in [-0.05, 0) is 31.7 Å². The van der Waals surface area contributed by atoms with Gasteiger partial charge >= 0.3 is 0 Å². The number of carbonyl (C=O) groups excluding carboxylic acids is 1. The molecule has 0 bridgehead atoms. The monoisotopic (exact) mass is 470 g/mol. The van der Waals surface area contributed by atoms with Gasteiger partial charge in [0.25, 0.3) is 0 Å². The lowest BCUT2D eigenvalue weighted by atomic mass is 10.1. The highest BCUT2D eigenvalue weighted by molar-refractivity contribution is 8.14. The molecule has 1 heterocycles. The highest BCUT2D eigenvalue weighted by Gasteiger charge is 2.05. The van der Waals surface area contributed by atoms with Gasteiger partial charge in [-0.3, -0.25) is 4.79 Å². The Kier molecular flexibility index (Phi) is 15.4. The van der Waals surface area contributed by atoms with Crippen molar-refractivity contribution in [2.75, 3.05) is 12.4 Å². The largest absolute Gasteiger partial charge is 0.477 e. The van der Waals surface area contributed by atoms with Gasteiger partial charge in [-0.2, -0.15) is 5.10 Å². The molecule has 0 saturated carbocycles. The SMILES string of the molecule is CCCCCCCCCOc1ccc(CCCCCCCCSC(=O)c2ccccc2)nn1. The van der Waals surface area contributed by atoms with E-state index in [2.05, 4.69) is 17.1 Å². The highest BCUT2D eigenvalue weighted by Crippen LogP contribution is 2.16. The summed E-state index contributed by atoms with van der Waals surface area (Å²) in [6.45, 7) is 2.99. The van der Waals surface area contributed by atoms with Crippen LogP contribution in [0.1, 0.15) is 106 Å². The number of hydrogen-bond donors (Lipinski definition) is 0. The van der Waals surface area contributed by atoms with Crippen LogP contribution >= 0.6 is 11.8 Å². The van der Waals surface area contributed by atoms with Gasteiger partial charge in [0, 0.05) is 17.4 Å². The fraction of sp³-hybridized carbons (Fsp3) is 0.607. The van der Waals surface area contributed by atoms with Gasteiger partial charge in [-0.15, -0.1) is 5.10 Å². The minimum Gasteiger partial charge on any atom is -0.477 e. The molecule has 33 heavy (non-hydrogen) atoms. The molecule has 0 fully saturated rings. The van der Waals surface area contributed by atoms with Crippen molar-refractivity contribution in [1.82, 2.24) is 10.2 Å². The van der Waals surface area contributed by atoms with Crippen LogP contribution in [0, 0.1) is 0 Å². The standard InChI is InChI=1S/C28H42N2O2S/c1-2-3-4-5-7-10-16-23-32-27-22-21-26(29-30-27)20-15-9-6-8-11-17-24-33-28(31)25-18-13-12-14-19-25/h12-14,18-19,21-22H,2-11,15-17,20,23-24H2,1H3. The van der Waals surface area contributed by atoms with E-state index in [1.807, 2.05) is 42.5 Å². The number of aromatic nitrogens is 2. The van der Waals surface area contributed by atoms with Crippen LogP contribution in [0.2, 0.25) is 0 Å². The van der Waals surface area contributed by atoms with Crippen molar-refractivity contribution < 1.29 is 9.53 Å². The molecule has 0 atom stereocenters. The van der Waals surface area contributed by atoms with E-state index in [-0.39, 0.29) is 5.12 Å². The summed E-state index contributed by atoms with van der Waals surface area (Å²) in [5.74, 6) is 1.56. The molecule has 0 aliphatic heterocycles. The Hall–Kier alpha value is -1.88. The normalized spacial score (nSPS) is 10.9. The van der Waals surface area contributed by atoms with Crippen molar-refractivity contribution in [3.05, 3.63) is 53.7 Å². The first-order valence-corrected chi connectivity index (χ1v) is 14.0. The molecule has 0 N–H and O–H groups in total. The van der Waals surface area contributed by atoms with Gasteiger partial charge in [-0.1, -0.05) is 113 Å². The van der Waals surface area contributed by atoms with E-state index in [1.165, 1.54) is 76.0 Å². The molecule has 0 spiro atoms. The van der Waals surface area contributed by atoms with Crippen molar-refractivity contribution in [1.29, 1.82) is 0 Å². The summed E-state index contributed by atoms with van der Waals surface area (Å²) in [6, 6.07) is 13.6. The van der Waals surface area contributed by atoms with Crippen LogP contribution in [0.25, 0.3) is 0 Å². The quantitative estimate of drug-likeness (QED) is 0.194. The number of unbranched alkanes of at least 4 members (excludes halogenated alkanes) is 11. The molecule has 0 aliphatic rings. The second kappa shape index (κ2) is 18.5. The van der Waals surface area contributed by atoms with Crippen LogP contribution in [-0.2, 0) is 6.42 Å². The summed E-state index contributed by atoms with van der Waals surface area (Å²) in [7, 11) is 0. The molecule has 0 radical (unpaired) electrons. The maximum atomic E-state index is 12.0. The lowest BCUT2D eigenvalue weighted by Gasteiger charge is -2.06. The van der Waals surface area contributed by atoms with Crippen LogP contribution in [0.5, 0.6) is 5.88 Å². The average molecular weight is 471 g/mol. The molecule has 0 unspecified atom stereocenters. The van der Waals surface area contributed by atoms with Gasteiger partial charge in [-0.25, -0.2) is 0 Å². The minimum absolute atomic E-state index is 0.186. The molecule has 2 aromatic rings. The molecule has 2 rings (SSSR count). The summed E-state index contributed by atoms with van der Waals surface area (Å²) < 4.78 is 5.72. The fourth-order valence-corrected chi connectivity index (χ4v) is 4.57. The van der Waals surface area contributed by atoms with E-state index in [0.29, 0.717) is 5.88 Å². The Morgan fingerprint density at radius 3 is 2.12 bits per heavy atom. The van der Waals surface area contributed by atoms with E-state index in [9.17, 15) is 4.79 Å². The predicted molar refractivity (Wildman–Crippen MR) is 140 cm³/mol. The molecule has 5 heteroatoms. The Morgan fingerprint density at radius 1 is 0.758 bits per heavy atom. The maximum Gasteiger partial charge on any atom is 0.233 e. The molecule has 182 valence electrons. The molecule has 0 saturated heterocycles. The molecule has 1 aromatic carbocycles. The Bertz CT molecular complexity index is 737. The van der Waals surface area contributed by atoms with Crippen LogP contribution < -0.4 is 4.74 Å². The van der Waals surface area contributed by atoms with E-state index in [0.717, 1.165) is 49.3 Å². The number of thioether (sulfide) groups is 1. The summed E-state index contributed by atoms with van der Waals surface area (Å²) in [6.07, 6.45) is 17.1. The second-order valence-electron chi connectivity index (χ2n) is 8.71. The lowest BCUT2D eigenvalue weighted by molar-refractivity contribution is 0.108. The van der Waals surface area contributed by atoms with Gasteiger partial charge in [0.1, 0.15) is 0 Å². The van der Waals surface area contributed by atoms with Crippen LogP contribution in [-0.4, -0.2) is 27.7 Å². The zero-order valence-corrected chi connectivity index (χ0v) is 21.3. The summed E-state index contributed by atoms with van der Waals surface area (Å²) >= 11 is 1.44. The third-order valence-corrected chi connectivity index (χ3v) is 6.75. The minimum atomic E-state index is 0.186. The van der Waals surface area contributed by atoms with Crippen molar-refractivity contribution in [2.24, 2.45) is 0 Å². The zero-order valence-electron chi connectivity index (χ0n) is 20.5. The van der Waals surface area contributed by atoms with Crippen molar-refractivity contribution in [3.63, 3.8) is 0 Å². The first-order chi connectivity index (χ1) is 16.3. The van der Waals surface area contributed by atoms with Crippen LogP contribution in [0.15, 0.2) is 42.5 Å². The zero-order chi connectivity index (χ0) is 23.4. The summed E-state index contributed by atoms with van der Waals surface area (Å²) in [5, 5.41) is 8.72. The van der Waals surface area contributed by atoms with Gasteiger partial charge in [0.15, 0.2) is 0 Å². The van der Waals surface area contributed by atoms with Crippen LogP contribution in [0.4, 0.5) is 0 Å². The second-order valence-corrected chi connectivity index (χ2v) is 9.77. The third-order valence-electron chi connectivity index (χ3n) is 5.76. The molecule has 4 nitrogen and oxygen atoms in total. The van der Waals surface area contributed by atoms with E-state index >= 15 is 0 Å². The topological polar surface area (TPSA) is 52.1 Å². The molecule has 0 aliphatic carbocycles. The predicted octanol–water partition coefficient (Wildman–Crippen LogP) is 8.06. The molecule has 0 amide bonds. The van der Waals surface area contributed by atoms with Crippen LogP contribution in [0.3, 0.4) is 0 Å². The highest BCUT2D eigenvalue weighted by atomic mass is 32.2. The number of nitrogens with zero attached hydrogens (tertiary/aromatic N) is 2. The average Bonchev–Trinajstić information content (AvgIpc) is 2.86. The maximum absolute atomic E-state index is 12.0. The summed E-state index contributed by atoms with van der Waals surface area (Å²) in [4.78, 5) is 12.0. The molecular formula is C28H42N2O2S. The number of hydrogen-bond acceptors (Lipinski definition) is 5.